The Labute approximate surface area is 135 Å². The van der Waals surface area contributed by atoms with Crippen LogP contribution in [0.2, 0.25) is 0 Å². The Morgan fingerprint density at radius 2 is 2.04 bits per heavy atom. The van der Waals surface area contributed by atoms with E-state index in [1.54, 1.807) is 11.8 Å². The third kappa shape index (κ3) is 3.35. The fourth-order valence-corrected chi connectivity index (χ4v) is 2.99. The highest BCUT2D eigenvalue weighted by Crippen LogP contribution is 2.22. The predicted molar refractivity (Wildman–Crippen MR) is 89.4 cm³/mol. The fourth-order valence-electron chi connectivity index (χ4n) is 2.99. The fraction of sp³-hybridized carbons (Fsp3) is 0.263. The van der Waals surface area contributed by atoms with Gasteiger partial charge in [-0.25, -0.2) is 0 Å². The van der Waals surface area contributed by atoms with E-state index in [9.17, 15) is 9.59 Å². The van der Waals surface area contributed by atoms with Gasteiger partial charge in [-0.1, -0.05) is 48.4 Å². The van der Waals surface area contributed by atoms with Gasteiger partial charge in [-0.3, -0.25) is 9.59 Å². The molecule has 1 aliphatic heterocycles. The van der Waals surface area contributed by atoms with Gasteiger partial charge in [-0.15, -0.1) is 0 Å². The molecule has 0 radical (unpaired) electrons. The van der Waals surface area contributed by atoms with Crippen molar-refractivity contribution in [3.63, 3.8) is 0 Å². The number of carbonyl (C=O) groups is 2. The van der Waals surface area contributed by atoms with E-state index in [1.165, 1.54) is 5.39 Å². The summed E-state index contributed by atoms with van der Waals surface area (Å²) in [5.41, 5.74) is 1.12. The number of benzene rings is 2. The zero-order valence-electron chi connectivity index (χ0n) is 13.0. The number of nitrogens with zero attached hydrogens (tertiary/aromatic N) is 1. The van der Waals surface area contributed by atoms with Crippen LogP contribution in [0.5, 0.6) is 0 Å². The molecular formula is C19H18N2O2. The molecule has 0 aromatic heterocycles. The number of carbonyl (C=O) groups excluding carboxylic acids is 2. The Bertz CT molecular complexity index is 811. The van der Waals surface area contributed by atoms with Crippen molar-refractivity contribution in [2.45, 2.75) is 25.9 Å². The summed E-state index contributed by atoms with van der Waals surface area (Å²) in [7, 11) is 0. The molecule has 2 amide bonds. The third-order valence-corrected chi connectivity index (χ3v) is 4.03. The van der Waals surface area contributed by atoms with Crippen LogP contribution in [0.4, 0.5) is 0 Å². The van der Waals surface area contributed by atoms with Gasteiger partial charge in [-0.2, -0.15) is 0 Å². The normalized spacial score (nSPS) is 17.0. The molecule has 0 saturated carbocycles. The van der Waals surface area contributed by atoms with E-state index in [0.29, 0.717) is 19.5 Å². The second-order valence-corrected chi connectivity index (χ2v) is 5.66. The molecule has 0 spiro atoms. The maximum atomic E-state index is 12.2. The average Bonchev–Trinajstić information content (AvgIpc) is 2.87. The molecule has 1 aliphatic rings. The van der Waals surface area contributed by atoms with E-state index in [1.807, 2.05) is 24.3 Å². The van der Waals surface area contributed by atoms with E-state index in [4.69, 9.17) is 0 Å². The van der Waals surface area contributed by atoms with Gasteiger partial charge in [0, 0.05) is 19.5 Å². The number of rotatable bonds is 3. The minimum absolute atomic E-state index is 0.0627. The molecule has 23 heavy (non-hydrogen) atoms. The molecule has 1 fully saturated rings. The lowest BCUT2D eigenvalue weighted by Crippen LogP contribution is -2.36. The highest BCUT2D eigenvalue weighted by molar-refractivity contribution is 5.94. The highest BCUT2D eigenvalue weighted by atomic mass is 16.2. The summed E-state index contributed by atoms with van der Waals surface area (Å²) >= 11 is 0. The first kappa shape index (κ1) is 15.1. The SMILES string of the molecule is CC#CC(=O)NC1CC(=O)N(Cc2cccc3ccccc23)C1. The van der Waals surface area contributed by atoms with Crippen LogP contribution >= 0.6 is 0 Å². The van der Waals surface area contributed by atoms with E-state index >= 15 is 0 Å². The lowest BCUT2D eigenvalue weighted by atomic mass is 10.0. The summed E-state index contributed by atoms with van der Waals surface area (Å²) in [6.07, 6.45) is 0.335. The largest absolute Gasteiger partial charge is 0.340 e. The second kappa shape index (κ2) is 6.53. The van der Waals surface area contributed by atoms with Gasteiger partial charge in [0.05, 0.1) is 6.04 Å². The Morgan fingerprint density at radius 1 is 1.26 bits per heavy atom. The molecule has 1 heterocycles. The van der Waals surface area contributed by atoms with Gasteiger partial charge in [0.2, 0.25) is 5.91 Å². The average molecular weight is 306 g/mol. The molecule has 4 nitrogen and oxygen atoms in total. The van der Waals surface area contributed by atoms with Crippen molar-refractivity contribution in [1.29, 1.82) is 0 Å². The zero-order chi connectivity index (χ0) is 16.2. The number of likely N-dealkylation sites (tertiary alicyclic amines) is 1. The molecule has 0 bridgehead atoms. The molecule has 3 rings (SSSR count). The van der Waals surface area contributed by atoms with Crippen molar-refractivity contribution in [3.05, 3.63) is 48.0 Å². The first-order chi connectivity index (χ1) is 11.2. The molecule has 2 aromatic rings. The summed E-state index contributed by atoms with van der Waals surface area (Å²) in [5.74, 6) is 4.75. The second-order valence-electron chi connectivity index (χ2n) is 5.66. The van der Waals surface area contributed by atoms with Crippen molar-refractivity contribution < 1.29 is 9.59 Å². The Kier molecular flexibility index (Phi) is 4.29. The van der Waals surface area contributed by atoms with Crippen LogP contribution < -0.4 is 5.32 Å². The summed E-state index contributed by atoms with van der Waals surface area (Å²) in [5, 5.41) is 5.11. The maximum Gasteiger partial charge on any atom is 0.296 e. The molecule has 116 valence electrons. The molecule has 1 N–H and O–H groups in total. The van der Waals surface area contributed by atoms with Crippen molar-refractivity contribution in [2.24, 2.45) is 0 Å². The minimum atomic E-state index is -0.322. The van der Waals surface area contributed by atoms with Crippen LogP contribution in [-0.2, 0) is 16.1 Å². The van der Waals surface area contributed by atoms with Crippen LogP contribution in [0.1, 0.15) is 18.9 Å². The lowest BCUT2D eigenvalue weighted by molar-refractivity contribution is -0.128. The van der Waals surface area contributed by atoms with Crippen LogP contribution in [0, 0.1) is 11.8 Å². The first-order valence-electron chi connectivity index (χ1n) is 7.65. The summed E-state index contributed by atoms with van der Waals surface area (Å²) in [6.45, 7) is 2.71. The number of nitrogens with one attached hydrogen (secondary N) is 1. The maximum absolute atomic E-state index is 12.2. The number of amides is 2. The Morgan fingerprint density at radius 3 is 2.87 bits per heavy atom. The van der Waals surface area contributed by atoms with Gasteiger partial charge < -0.3 is 10.2 Å². The van der Waals surface area contributed by atoms with E-state index in [2.05, 4.69) is 35.4 Å². The van der Waals surface area contributed by atoms with Crippen LogP contribution in [0.25, 0.3) is 10.8 Å². The van der Waals surface area contributed by atoms with Crippen molar-refractivity contribution in [3.8, 4) is 11.8 Å². The molecule has 4 heteroatoms. The van der Waals surface area contributed by atoms with Gasteiger partial charge in [0.15, 0.2) is 0 Å². The van der Waals surface area contributed by atoms with Crippen molar-refractivity contribution >= 4 is 22.6 Å². The Hall–Kier alpha value is -2.80. The van der Waals surface area contributed by atoms with E-state index in [0.717, 1.165) is 10.9 Å². The standard InChI is InChI=1S/C19H18N2O2/c1-2-6-18(22)20-16-11-19(23)21(13-16)12-15-9-5-8-14-7-3-4-10-17(14)15/h3-5,7-10,16H,11-13H2,1H3,(H,20,22). The minimum Gasteiger partial charge on any atom is -0.340 e. The quantitative estimate of drug-likeness (QED) is 0.883. The third-order valence-electron chi connectivity index (χ3n) is 4.03. The van der Waals surface area contributed by atoms with E-state index < -0.39 is 0 Å². The number of fused-ring (bicyclic) bond motifs is 1. The smallest absolute Gasteiger partial charge is 0.296 e. The van der Waals surface area contributed by atoms with Gasteiger partial charge in [0.1, 0.15) is 0 Å². The first-order valence-corrected chi connectivity index (χ1v) is 7.65. The molecule has 1 atom stereocenters. The molecule has 1 unspecified atom stereocenters. The van der Waals surface area contributed by atoms with E-state index in [-0.39, 0.29) is 17.9 Å². The van der Waals surface area contributed by atoms with Crippen molar-refractivity contribution in [2.75, 3.05) is 6.54 Å². The highest BCUT2D eigenvalue weighted by Gasteiger charge is 2.30. The molecule has 0 aliphatic carbocycles. The lowest BCUT2D eigenvalue weighted by Gasteiger charge is -2.18. The van der Waals surface area contributed by atoms with Gasteiger partial charge in [-0.05, 0) is 29.2 Å². The number of hydrogen-bond acceptors (Lipinski definition) is 2. The zero-order valence-corrected chi connectivity index (χ0v) is 13.0. The topological polar surface area (TPSA) is 49.4 Å². The van der Waals surface area contributed by atoms with Gasteiger partial charge in [0.25, 0.3) is 5.91 Å². The summed E-state index contributed by atoms with van der Waals surface area (Å²) in [4.78, 5) is 25.5. The molecular weight excluding hydrogens is 288 g/mol. The van der Waals surface area contributed by atoms with Gasteiger partial charge >= 0.3 is 0 Å². The van der Waals surface area contributed by atoms with Crippen molar-refractivity contribution in [1.82, 2.24) is 10.2 Å². The van der Waals surface area contributed by atoms with Crippen LogP contribution in [-0.4, -0.2) is 29.3 Å². The molecule has 1 saturated heterocycles. The van der Waals surface area contributed by atoms with Crippen LogP contribution in [0.15, 0.2) is 42.5 Å². The monoisotopic (exact) mass is 306 g/mol. The number of hydrogen-bond donors (Lipinski definition) is 1. The predicted octanol–water partition coefficient (Wildman–Crippen LogP) is 2.08. The Balaban J connectivity index is 1.73. The molecule has 2 aromatic carbocycles. The summed E-state index contributed by atoms with van der Waals surface area (Å²) < 4.78 is 0. The van der Waals surface area contributed by atoms with Crippen LogP contribution in [0.3, 0.4) is 0 Å². The summed E-state index contributed by atoms with van der Waals surface area (Å²) in [6, 6.07) is 14.1.